The molecule has 3 rings (SSSR count). The second-order valence-corrected chi connectivity index (χ2v) is 8.66. The van der Waals surface area contributed by atoms with Crippen LogP contribution in [0, 0.1) is 11.3 Å². The molecule has 0 spiro atoms. The fraction of sp³-hybridized carbons (Fsp3) is 0.333. The van der Waals surface area contributed by atoms with Gasteiger partial charge in [-0.25, -0.2) is 13.1 Å². The molecule has 1 amide bonds. The van der Waals surface area contributed by atoms with Crippen molar-refractivity contribution in [1.82, 2.24) is 4.72 Å². The molecule has 1 heterocycles. The van der Waals surface area contributed by atoms with Crippen molar-refractivity contribution < 1.29 is 13.2 Å². The molecule has 0 bridgehead atoms. The lowest BCUT2D eigenvalue weighted by atomic mass is 10.2. The average Bonchev–Trinajstić information content (AvgIpc) is 3.02. The van der Waals surface area contributed by atoms with Gasteiger partial charge in [0.15, 0.2) is 0 Å². The van der Waals surface area contributed by atoms with E-state index in [1.807, 2.05) is 30.3 Å². The topological polar surface area (TPSA) is 102 Å². The van der Waals surface area contributed by atoms with Crippen LogP contribution in [0.3, 0.4) is 0 Å². The van der Waals surface area contributed by atoms with Crippen LogP contribution >= 0.6 is 0 Å². The first kappa shape index (κ1) is 20.8. The maximum absolute atomic E-state index is 12.4. The molecule has 1 saturated heterocycles. The summed E-state index contributed by atoms with van der Waals surface area (Å²) in [6, 6.07) is 15.3. The van der Waals surface area contributed by atoms with Crippen LogP contribution in [0.1, 0.15) is 31.2 Å². The summed E-state index contributed by atoms with van der Waals surface area (Å²) in [6.07, 6.45) is 4.90. The largest absolute Gasteiger partial charge is 0.372 e. The van der Waals surface area contributed by atoms with Crippen molar-refractivity contribution in [2.24, 2.45) is 0 Å². The summed E-state index contributed by atoms with van der Waals surface area (Å²) in [5, 5.41) is 11.7. The number of sulfonamides is 1. The van der Waals surface area contributed by atoms with Gasteiger partial charge in [0.05, 0.1) is 17.0 Å². The first-order valence-electron chi connectivity index (χ1n) is 9.63. The highest BCUT2D eigenvalue weighted by atomic mass is 32.2. The molecule has 1 aliphatic rings. The van der Waals surface area contributed by atoms with Gasteiger partial charge in [0.25, 0.3) is 0 Å². The van der Waals surface area contributed by atoms with Crippen LogP contribution < -0.4 is 14.9 Å². The molecule has 2 aromatic carbocycles. The molecule has 0 atom stereocenters. The predicted octanol–water partition coefficient (Wildman–Crippen LogP) is 2.86. The molecule has 152 valence electrons. The summed E-state index contributed by atoms with van der Waals surface area (Å²) in [6.45, 7) is 1.66. The van der Waals surface area contributed by atoms with Crippen molar-refractivity contribution >= 4 is 27.3 Å². The average molecular weight is 413 g/mol. The third-order valence-electron chi connectivity index (χ3n) is 4.84. The van der Waals surface area contributed by atoms with Crippen LogP contribution in [-0.4, -0.2) is 34.0 Å². The standard InChI is InChI=1S/C21H24N4O3S/c22-15-17-7-3-4-8-20(17)29(27,28)23-16-21(26)24-18-9-11-19(12-10-18)25-13-5-1-2-6-14-25/h3-4,7-12,23H,1-2,5-6,13-14,16H2,(H,24,26). The molecule has 0 aromatic heterocycles. The van der Waals surface area contributed by atoms with Gasteiger partial charge in [-0.2, -0.15) is 5.26 Å². The Labute approximate surface area is 171 Å². The van der Waals surface area contributed by atoms with Crippen molar-refractivity contribution in [3.05, 3.63) is 54.1 Å². The van der Waals surface area contributed by atoms with E-state index in [9.17, 15) is 13.2 Å². The maximum atomic E-state index is 12.4. The van der Waals surface area contributed by atoms with E-state index in [2.05, 4.69) is 14.9 Å². The van der Waals surface area contributed by atoms with Crippen molar-refractivity contribution in [3.63, 3.8) is 0 Å². The first-order valence-corrected chi connectivity index (χ1v) is 11.1. The van der Waals surface area contributed by atoms with Crippen LogP contribution in [0.4, 0.5) is 11.4 Å². The normalized spacial score (nSPS) is 14.7. The molecular weight excluding hydrogens is 388 g/mol. The molecule has 0 unspecified atom stereocenters. The quantitative estimate of drug-likeness (QED) is 0.760. The molecule has 1 fully saturated rings. The van der Waals surface area contributed by atoms with Gasteiger partial charge in [-0.1, -0.05) is 25.0 Å². The van der Waals surface area contributed by atoms with Crippen LogP contribution in [0.2, 0.25) is 0 Å². The Morgan fingerprint density at radius 1 is 1.00 bits per heavy atom. The second-order valence-electron chi connectivity index (χ2n) is 6.93. The van der Waals surface area contributed by atoms with E-state index >= 15 is 0 Å². The minimum Gasteiger partial charge on any atom is -0.372 e. The van der Waals surface area contributed by atoms with Gasteiger partial charge in [0, 0.05) is 24.5 Å². The Morgan fingerprint density at radius 2 is 1.66 bits per heavy atom. The number of rotatable bonds is 6. The third kappa shape index (κ3) is 5.56. The molecule has 2 aromatic rings. The number of hydrogen-bond donors (Lipinski definition) is 2. The monoisotopic (exact) mass is 412 g/mol. The lowest BCUT2D eigenvalue weighted by Crippen LogP contribution is -2.33. The van der Waals surface area contributed by atoms with Gasteiger partial charge in [-0.15, -0.1) is 0 Å². The summed E-state index contributed by atoms with van der Waals surface area (Å²) in [5.41, 5.74) is 1.76. The molecule has 8 heteroatoms. The number of nitriles is 1. The highest BCUT2D eigenvalue weighted by Gasteiger charge is 2.19. The molecular formula is C21H24N4O3S. The molecule has 0 radical (unpaired) electrons. The highest BCUT2D eigenvalue weighted by molar-refractivity contribution is 7.89. The van der Waals surface area contributed by atoms with Crippen LogP contribution in [0.15, 0.2) is 53.4 Å². The maximum Gasteiger partial charge on any atom is 0.242 e. The first-order chi connectivity index (χ1) is 14.0. The Balaban J connectivity index is 1.57. The van der Waals surface area contributed by atoms with Gasteiger partial charge in [0.2, 0.25) is 15.9 Å². The smallest absolute Gasteiger partial charge is 0.242 e. The summed E-state index contributed by atoms with van der Waals surface area (Å²) in [5.74, 6) is -0.481. The molecule has 0 saturated carbocycles. The van der Waals surface area contributed by atoms with Crippen LogP contribution in [-0.2, 0) is 14.8 Å². The number of hydrogen-bond acceptors (Lipinski definition) is 5. The van der Waals surface area contributed by atoms with E-state index in [4.69, 9.17) is 5.26 Å². The zero-order valence-corrected chi connectivity index (χ0v) is 16.9. The zero-order chi connectivity index (χ0) is 20.7. The minimum atomic E-state index is -3.96. The lowest BCUT2D eigenvalue weighted by molar-refractivity contribution is -0.115. The number of nitrogens with one attached hydrogen (secondary N) is 2. The molecule has 0 aliphatic carbocycles. The van der Waals surface area contributed by atoms with E-state index in [0.717, 1.165) is 18.8 Å². The van der Waals surface area contributed by atoms with Gasteiger partial charge in [0.1, 0.15) is 6.07 Å². The van der Waals surface area contributed by atoms with Crippen molar-refractivity contribution in [2.75, 3.05) is 29.9 Å². The number of anilines is 2. The van der Waals surface area contributed by atoms with E-state index in [1.54, 1.807) is 6.07 Å². The fourth-order valence-electron chi connectivity index (χ4n) is 3.32. The summed E-state index contributed by atoms with van der Waals surface area (Å²) < 4.78 is 27.0. The molecule has 1 aliphatic heterocycles. The van der Waals surface area contributed by atoms with E-state index in [0.29, 0.717) is 5.69 Å². The second kappa shape index (κ2) is 9.54. The van der Waals surface area contributed by atoms with Crippen molar-refractivity contribution in [3.8, 4) is 6.07 Å². The number of carbonyl (C=O) groups excluding carboxylic acids is 1. The molecule has 29 heavy (non-hydrogen) atoms. The Kier molecular flexibility index (Phi) is 6.86. The minimum absolute atomic E-state index is 0.0320. The third-order valence-corrected chi connectivity index (χ3v) is 6.30. The number of benzene rings is 2. The Hall–Kier alpha value is -2.89. The number of carbonyl (C=O) groups is 1. The zero-order valence-electron chi connectivity index (χ0n) is 16.1. The van der Waals surface area contributed by atoms with E-state index in [1.165, 1.54) is 43.9 Å². The highest BCUT2D eigenvalue weighted by Crippen LogP contribution is 2.21. The van der Waals surface area contributed by atoms with Gasteiger partial charge in [-0.3, -0.25) is 4.79 Å². The SMILES string of the molecule is N#Cc1ccccc1S(=O)(=O)NCC(=O)Nc1ccc(N2CCCCCC2)cc1. The van der Waals surface area contributed by atoms with Crippen LogP contribution in [0.5, 0.6) is 0 Å². The lowest BCUT2D eigenvalue weighted by Gasteiger charge is -2.22. The summed E-state index contributed by atoms with van der Waals surface area (Å²) in [7, 11) is -3.96. The summed E-state index contributed by atoms with van der Waals surface area (Å²) >= 11 is 0. The van der Waals surface area contributed by atoms with Crippen LogP contribution in [0.25, 0.3) is 0 Å². The van der Waals surface area contributed by atoms with Gasteiger partial charge >= 0.3 is 0 Å². The van der Waals surface area contributed by atoms with E-state index < -0.39 is 22.5 Å². The number of nitrogens with zero attached hydrogens (tertiary/aromatic N) is 2. The van der Waals surface area contributed by atoms with Gasteiger partial charge < -0.3 is 10.2 Å². The van der Waals surface area contributed by atoms with Crippen molar-refractivity contribution in [2.45, 2.75) is 30.6 Å². The molecule has 2 N–H and O–H groups in total. The number of amides is 1. The van der Waals surface area contributed by atoms with Crippen molar-refractivity contribution in [1.29, 1.82) is 5.26 Å². The fourth-order valence-corrected chi connectivity index (χ4v) is 4.46. The molecule has 7 nitrogen and oxygen atoms in total. The predicted molar refractivity (Wildman–Crippen MR) is 112 cm³/mol. The Morgan fingerprint density at radius 3 is 2.31 bits per heavy atom. The van der Waals surface area contributed by atoms with E-state index in [-0.39, 0.29) is 10.5 Å². The van der Waals surface area contributed by atoms with Gasteiger partial charge in [-0.05, 0) is 49.2 Å². The summed E-state index contributed by atoms with van der Waals surface area (Å²) in [4.78, 5) is 14.4. The Bertz CT molecular complexity index is 989.